The van der Waals surface area contributed by atoms with Gasteiger partial charge in [-0.25, -0.2) is 4.98 Å². The highest BCUT2D eigenvalue weighted by atomic mass is 32.1. The van der Waals surface area contributed by atoms with Gasteiger partial charge in [-0.05, 0) is 24.3 Å². The Balaban J connectivity index is 2.04. The summed E-state index contributed by atoms with van der Waals surface area (Å²) in [7, 11) is 3.98. The maximum Gasteiger partial charge on any atom is 0.309 e. The lowest BCUT2D eigenvalue weighted by molar-refractivity contribution is -0.136. The Morgan fingerprint density at radius 1 is 1.37 bits per heavy atom. The number of benzene rings is 1. The molecule has 0 atom stereocenters. The van der Waals surface area contributed by atoms with E-state index < -0.39 is 5.97 Å². The molecule has 2 rings (SSSR count). The zero-order valence-corrected chi connectivity index (χ0v) is 11.6. The Labute approximate surface area is 115 Å². The fourth-order valence-corrected chi connectivity index (χ4v) is 2.30. The number of anilines is 3. The monoisotopic (exact) mass is 277 g/mol. The molecule has 2 aromatic rings. The van der Waals surface area contributed by atoms with Gasteiger partial charge in [-0.15, -0.1) is 11.3 Å². The number of thiazole rings is 1. The van der Waals surface area contributed by atoms with Crippen molar-refractivity contribution in [3.8, 4) is 0 Å². The van der Waals surface area contributed by atoms with Crippen molar-refractivity contribution in [1.29, 1.82) is 0 Å². The molecule has 1 aromatic carbocycles. The van der Waals surface area contributed by atoms with E-state index in [9.17, 15) is 4.79 Å². The molecule has 0 fully saturated rings. The predicted octanol–water partition coefficient (Wildman–Crippen LogP) is 2.58. The molecule has 100 valence electrons. The second-order valence-electron chi connectivity index (χ2n) is 4.28. The average Bonchev–Trinajstić information content (AvgIpc) is 2.76. The molecule has 0 saturated heterocycles. The van der Waals surface area contributed by atoms with Crippen LogP contribution in [0.15, 0.2) is 29.6 Å². The molecule has 0 unspecified atom stereocenters. The molecular weight excluding hydrogens is 262 g/mol. The van der Waals surface area contributed by atoms with E-state index in [1.807, 2.05) is 43.3 Å². The normalized spacial score (nSPS) is 10.2. The van der Waals surface area contributed by atoms with Crippen LogP contribution in [0.1, 0.15) is 5.69 Å². The summed E-state index contributed by atoms with van der Waals surface area (Å²) in [5.41, 5.74) is 2.63. The topological polar surface area (TPSA) is 65.5 Å². The molecule has 0 bridgehead atoms. The van der Waals surface area contributed by atoms with Gasteiger partial charge >= 0.3 is 5.97 Å². The smallest absolute Gasteiger partial charge is 0.309 e. The summed E-state index contributed by atoms with van der Waals surface area (Å²) in [6.45, 7) is 0. The summed E-state index contributed by atoms with van der Waals surface area (Å²) in [5, 5.41) is 14.3. The number of aliphatic carboxylic acids is 1. The minimum atomic E-state index is -0.868. The number of hydrogen-bond acceptors (Lipinski definition) is 5. The summed E-state index contributed by atoms with van der Waals surface area (Å²) < 4.78 is 0. The second-order valence-corrected chi connectivity index (χ2v) is 5.14. The Morgan fingerprint density at radius 2 is 2.05 bits per heavy atom. The standard InChI is InChI=1S/C13H15N3O2S/c1-16(2)11-5-3-9(4-6-11)14-13-15-10(8-19-13)7-12(17)18/h3-6,8H,7H2,1-2H3,(H,14,15)(H,17,18). The summed E-state index contributed by atoms with van der Waals surface area (Å²) in [4.78, 5) is 16.8. The Kier molecular flexibility index (Phi) is 4.01. The van der Waals surface area contributed by atoms with E-state index in [0.717, 1.165) is 11.4 Å². The highest BCUT2D eigenvalue weighted by Crippen LogP contribution is 2.23. The summed E-state index contributed by atoms with van der Waals surface area (Å²) in [6, 6.07) is 7.95. The average molecular weight is 277 g/mol. The zero-order valence-electron chi connectivity index (χ0n) is 10.8. The number of aromatic nitrogens is 1. The molecule has 19 heavy (non-hydrogen) atoms. The van der Waals surface area contributed by atoms with Gasteiger partial charge in [-0.1, -0.05) is 0 Å². The van der Waals surface area contributed by atoms with Gasteiger partial charge in [0.25, 0.3) is 0 Å². The molecule has 1 heterocycles. The minimum Gasteiger partial charge on any atom is -0.481 e. The lowest BCUT2D eigenvalue weighted by Gasteiger charge is -2.12. The second kappa shape index (κ2) is 5.71. The van der Waals surface area contributed by atoms with Crippen molar-refractivity contribution in [3.05, 3.63) is 35.3 Å². The molecule has 0 radical (unpaired) electrons. The Hall–Kier alpha value is -2.08. The number of carbonyl (C=O) groups is 1. The van der Waals surface area contributed by atoms with Crippen molar-refractivity contribution in [3.63, 3.8) is 0 Å². The van der Waals surface area contributed by atoms with Crippen molar-refractivity contribution < 1.29 is 9.90 Å². The van der Waals surface area contributed by atoms with Crippen LogP contribution in [-0.4, -0.2) is 30.2 Å². The van der Waals surface area contributed by atoms with Gasteiger partial charge in [-0.3, -0.25) is 4.79 Å². The van der Waals surface area contributed by atoms with Crippen molar-refractivity contribution in [1.82, 2.24) is 4.98 Å². The number of carboxylic acids is 1. The lowest BCUT2D eigenvalue weighted by Crippen LogP contribution is -2.08. The number of hydrogen-bond donors (Lipinski definition) is 2. The molecule has 0 saturated carbocycles. The predicted molar refractivity (Wildman–Crippen MR) is 77.5 cm³/mol. The maximum absolute atomic E-state index is 10.6. The van der Waals surface area contributed by atoms with Crippen LogP contribution in [0, 0.1) is 0 Å². The Morgan fingerprint density at radius 3 is 2.63 bits per heavy atom. The van der Waals surface area contributed by atoms with Crippen LogP contribution in [0.3, 0.4) is 0 Å². The van der Waals surface area contributed by atoms with E-state index in [1.165, 1.54) is 11.3 Å². The van der Waals surface area contributed by atoms with E-state index in [2.05, 4.69) is 10.3 Å². The van der Waals surface area contributed by atoms with Gasteiger partial charge in [-0.2, -0.15) is 0 Å². The molecule has 0 spiro atoms. The summed E-state index contributed by atoms with van der Waals surface area (Å²) in [6.07, 6.45) is -0.0439. The summed E-state index contributed by atoms with van der Waals surface area (Å²) >= 11 is 1.40. The van der Waals surface area contributed by atoms with Crippen molar-refractivity contribution in [2.45, 2.75) is 6.42 Å². The fraction of sp³-hybridized carbons (Fsp3) is 0.231. The first-order valence-electron chi connectivity index (χ1n) is 5.75. The third-order valence-corrected chi connectivity index (χ3v) is 3.33. The van der Waals surface area contributed by atoms with E-state index in [-0.39, 0.29) is 6.42 Å². The minimum absolute atomic E-state index is 0.0439. The zero-order chi connectivity index (χ0) is 13.8. The molecule has 6 heteroatoms. The van der Waals surface area contributed by atoms with Crippen LogP contribution >= 0.6 is 11.3 Å². The van der Waals surface area contributed by atoms with Gasteiger partial charge in [0, 0.05) is 30.9 Å². The highest BCUT2D eigenvalue weighted by molar-refractivity contribution is 7.13. The molecule has 0 aliphatic heterocycles. The fourth-order valence-electron chi connectivity index (χ4n) is 1.57. The van der Waals surface area contributed by atoms with Crippen molar-refractivity contribution >= 4 is 33.8 Å². The third kappa shape index (κ3) is 3.69. The van der Waals surface area contributed by atoms with Crippen LogP contribution in [0.2, 0.25) is 0 Å². The van der Waals surface area contributed by atoms with Crippen molar-refractivity contribution in [2.24, 2.45) is 0 Å². The molecule has 0 aliphatic rings. The van der Waals surface area contributed by atoms with Crippen LogP contribution in [0.4, 0.5) is 16.5 Å². The first-order chi connectivity index (χ1) is 9.04. The molecule has 0 aliphatic carbocycles. The van der Waals surface area contributed by atoms with Crippen molar-refractivity contribution in [2.75, 3.05) is 24.3 Å². The van der Waals surface area contributed by atoms with Gasteiger partial charge < -0.3 is 15.3 Å². The van der Waals surface area contributed by atoms with Crippen LogP contribution < -0.4 is 10.2 Å². The van der Waals surface area contributed by atoms with Crippen LogP contribution in [0.25, 0.3) is 0 Å². The lowest BCUT2D eigenvalue weighted by atomic mass is 10.2. The maximum atomic E-state index is 10.6. The SMILES string of the molecule is CN(C)c1ccc(Nc2nc(CC(=O)O)cs2)cc1. The number of carboxylic acid groups (broad SMARTS) is 1. The van der Waals surface area contributed by atoms with E-state index >= 15 is 0 Å². The van der Waals surface area contributed by atoms with Gasteiger partial charge in [0.05, 0.1) is 12.1 Å². The van der Waals surface area contributed by atoms with Crippen LogP contribution in [0.5, 0.6) is 0 Å². The van der Waals surface area contributed by atoms with Gasteiger partial charge in [0.2, 0.25) is 0 Å². The Bertz CT molecular complexity index is 564. The van der Waals surface area contributed by atoms with E-state index in [4.69, 9.17) is 5.11 Å². The van der Waals surface area contributed by atoms with E-state index in [0.29, 0.717) is 10.8 Å². The van der Waals surface area contributed by atoms with Gasteiger partial charge in [0.1, 0.15) is 0 Å². The molecule has 0 amide bonds. The van der Waals surface area contributed by atoms with E-state index in [1.54, 1.807) is 5.38 Å². The number of rotatable bonds is 5. The summed E-state index contributed by atoms with van der Waals surface area (Å²) in [5.74, 6) is -0.868. The highest BCUT2D eigenvalue weighted by Gasteiger charge is 2.06. The third-order valence-electron chi connectivity index (χ3n) is 2.52. The molecule has 1 aromatic heterocycles. The first-order valence-corrected chi connectivity index (χ1v) is 6.63. The molecular formula is C13H15N3O2S. The number of nitrogens with zero attached hydrogens (tertiary/aromatic N) is 2. The molecule has 5 nitrogen and oxygen atoms in total. The first kappa shape index (κ1) is 13.4. The molecule has 2 N–H and O–H groups in total. The number of nitrogens with one attached hydrogen (secondary N) is 1. The largest absolute Gasteiger partial charge is 0.481 e. The van der Waals surface area contributed by atoms with Crippen LogP contribution in [-0.2, 0) is 11.2 Å². The van der Waals surface area contributed by atoms with Gasteiger partial charge in [0.15, 0.2) is 5.13 Å². The quantitative estimate of drug-likeness (QED) is 0.879.